The second kappa shape index (κ2) is 8.85. The van der Waals surface area contributed by atoms with Gasteiger partial charge in [0.1, 0.15) is 0 Å². The Hall–Kier alpha value is -0.246. The van der Waals surface area contributed by atoms with Gasteiger partial charge in [0.15, 0.2) is 0 Å². The van der Waals surface area contributed by atoms with E-state index in [1.54, 1.807) is 0 Å². The van der Waals surface area contributed by atoms with Gasteiger partial charge in [-0.15, -0.1) is 6.34 Å². The molecule has 0 heterocycles. The number of nitrogens with two attached hydrogens (primary N) is 1. The molecule has 0 bridgehead atoms. The van der Waals surface area contributed by atoms with E-state index in [9.17, 15) is 0 Å². The molecule has 1 rings (SSSR count). The van der Waals surface area contributed by atoms with Crippen molar-refractivity contribution in [3.63, 3.8) is 0 Å². The Morgan fingerprint density at radius 3 is 2.33 bits per heavy atom. The van der Waals surface area contributed by atoms with E-state index in [0.29, 0.717) is 6.54 Å². The van der Waals surface area contributed by atoms with E-state index in [-0.39, 0.29) is 38.9 Å². The van der Waals surface area contributed by atoms with Gasteiger partial charge in [-0.1, -0.05) is 30.3 Å². The summed E-state index contributed by atoms with van der Waals surface area (Å²) in [6, 6.07) is 9.89. The van der Waals surface area contributed by atoms with Gasteiger partial charge in [-0.3, -0.25) is 0 Å². The van der Waals surface area contributed by atoms with Crippen molar-refractivity contribution in [2.24, 2.45) is 0 Å². The summed E-state index contributed by atoms with van der Waals surface area (Å²) in [5.74, 6) is 0. The Balaban J connectivity index is 0. The van der Waals surface area contributed by atoms with E-state index < -0.39 is 0 Å². The maximum absolute atomic E-state index is 6.66. The van der Waals surface area contributed by atoms with Crippen LogP contribution in [0.2, 0.25) is 0 Å². The fraction of sp³-hybridized carbons (Fsp3) is 0.125. The summed E-state index contributed by atoms with van der Waals surface area (Å²) in [6.45, 7) is 0.615. The van der Waals surface area contributed by atoms with Gasteiger partial charge in [0, 0.05) is 32.7 Å². The van der Waals surface area contributed by atoms with E-state index in [1.165, 1.54) is 0 Å². The number of hydrogen-bond donors (Lipinski definition) is 1. The molecule has 0 aliphatic carbocycles. The van der Waals surface area contributed by atoms with Crippen molar-refractivity contribution >= 4 is 6.34 Å². The van der Waals surface area contributed by atoms with Crippen molar-refractivity contribution in [1.82, 2.24) is 0 Å². The van der Waals surface area contributed by atoms with Gasteiger partial charge >= 0.3 is 0 Å². The van der Waals surface area contributed by atoms with Crippen LogP contribution in [0.3, 0.4) is 0 Å². The van der Waals surface area contributed by atoms with Crippen molar-refractivity contribution in [3.05, 3.63) is 47.4 Å². The SMILES string of the molecule is N=C[N-]Cc1ccccc1.[NH2-].[Y]. The van der Waals surface area contributed by atoms with Gasteiger partial charge in [-0.2, -0.15) is 0 Å². The molecule has 1 radical (unpaired) electrons. The molecule has 63 valence electrons. The fourth-order valence-electron chi connectivity index (χ4n) is 0.734. The average molecular weight is 238 g/mol. The predicted molar refractivity (Wildman–Crippen MR) is 47.6 cm³/mol. The molecule has 0 atom stereocenters. The van der Waals surface area contributed by atoms with Crippen molar-refractivity contribution in [2.75, 3.05) is 0 Å². The molecular weight excluding hydrogens is 227 g/mol. The van der Waals surface area contributed by atoms with Gasteiger partial charge < -0.3 is 16.9 Å². The van der Waals surface area contributed by atoms with Crippen LogP contribution in [-0.4, -0.2) is 6.34 Å². The minimum Gasteiger partial charge on any atom is -0.693 e. The molecule has 0 amide bonds. The topological polar surface area (TPSA) is 71.5 Å². The van der Waals surface area contributed by atoms with Crippen LogP contribution in [0.4, 0.5) is 0 Å². The van der Waals surface area contributed by atoms with E-state index in [2.05, 4.69) is 5.32 Å². The molecule has 0 spiro atoms. The molecule has 3 N–H and O–H groups in total. The maximum Gasteiger partial charge on any atom is 0 e. The normalized spacial score (nSPS) is 7.33. The van der Waals surface area contributed by atoms with Gasteiger partial charge in [0.25, 0.3) is 0 Å². The fourth-order valence-corrected chi connectivity index (χ4v) is 0.734. The van der Waals surface area contributed by atoms with Crippen LogP contribution in [-0.2, 0) is 39.3 Å². The van der Waals surface area contributed by atoms with Crippen molar-refractivity contribution in [3.8, 4) is 0 Å². The zero-order valence-electron chi connectivity index (χ0n) is 6.77. The third kappa shape index (κ3) is 5.41. The average Bonchev–Trinajstić information content (AvgIpc) is 2.03. The first-order valence-electron chi connectivity index (χ1n) is 3.13. The summed E-state index contributed by atoms with van der Waals surface area (Å²) in [5.41, 5.74) is 1.14. The zero-order valence-corrected chi connectivity index (χ0v) is 9.61. The van der Waals surface area contributed by atoms with Gasteiger partial charge in [0.05, 0.1) is 0 Å². The van der Waals surface area contributed by atoms with Crippen LogP contribution in [0.5, 0.6) is 0 Å². The summed E-state index contributed by atoms with van der Waals surface area (Å²) in [6.07, 6.45) is 1.08. The van der Waals surface area contributed by atoms with E-state index in [4.69, 9.17) is 5.41 Å². The molecule has 0 aliphatic rings. The molecule has 0 saturated heterocycles. The molecular formula is C8H11N3Y-2. The Morgan fingerprint density at radius 1 is 1.25 bits per heavy atom. The third-order valence-corrected chi connectivity index (χ3v) is 1.21. The van der Waals surface area contributed by atoms with Crippen LogP contribution in [0.25, 0.3) is 11.5 Å². The van der Waals surface area contributed by atoms with E-state index >= 15 is 0 Å². The van der Waals surface area contributed by atoms with Crippen molar-refractivity contribution < 1.29 is 32.7 Å². The summed E-state index contributed by atoms with van der Waals surface area (Å²) in [5, 5.41) is 10.4. The second-order valence-corrected chi connectivity index (χ2v) is 1.96. The molecule has 4 heteroatoms. The summed E-state index contributed by atoms with van der Waals surface area (Å²) < 4.78 is 0. The predicted octanol–water partition coefficient (Wildman–Crippen LogP) is 2.88. The molecule has 0 fully saturated rings. The Morgan fingerprint density at radius 2 is 1.83 bits per heavy atom. The number of hydrogen-bond acceptors (Lipinski definition) is 1. The van der Waals surface area contributed by atoms with Gasteiger partial charge in [0.2, 0.25) is 0 Å². The van der Waals surface area contributed by atoms with Crippen LogP contribution in [0.1, 0.15) is 5.56 Å². The largest absolute Gasteiger partial charge is 0.693 e. The number of nitrogens with one attached hydrogen (secondary N) is 1. The molecule has 0 saturated carbocycles. The molecule has 1 aromatic rings. The Bertz CT molecular complexity index is 201. The zero-order chi connectivity index (χ0) is 7.23. The smallest absolute Gasteiger partial charge is 0 e. The number of benzene rings is 1. The third-order valence-electron chi connectivity index (χ3n) is 1.21. The maximum atomic E-state index is 6.66. The molecule has 0 aromatic heterocycles. The minimum atomic E-state index is 0. The first-order chi connectivity index (χ1) is 4.93. The Kier molecular flexibility index (Phi) is 10.5. The summed E-state index contributed by atoms with van der Waals surface area (Å²) in [4.78, 5) is 0. The quantitative estimate of drug-likeness (QED) is 0.621. The molecule has 0 unspecified atom stereocenters. The number of rotatable bonds is 3. The van der Waals surface area contributed by atoms with Crippen molar-refractivity contribution in [2.45, 2.75) is 6.54 Å². The molecule has 0 aliphatic heterocycles. The minimum absolute atomic E-state index is 0. The number of nitrogens with zero attached hydrogens (tertiary/aromatic N) is 1. The molecule has 3 nitrogen and oxygen atoms in total. The van der Waals surface area contributed by atoms with Crippen LogP contribution >= 0.6 is 0 Å². The first-order valence-corrected chi connectivity index (χ1v) is 3.13. The summed E-state index contributed by atoms with van der Waals surface area (Å²) in [7, 11) is 0. The Labute approximate surface area is 97.9 Å². The molecule has 12 heavy (non-hydrogen) atoms. The first kappa shape index (κ1) is 14.3. The summed E-state index contributed by atoms with van der Waals surface area (Å²) >= 11 is 0. The van der Waals surface area contributed by atoms with Crippen LogP contribution in [0.15, 0.2) is 30.3 Å². The second-order valence-electron chi connectivity index (χ2n) is 1.96. The molecule has 1 aromatic carbocycles. The standard InChI is InChI=1S/C8H9N2.H2N.Y/c9-7-10-6-8-4-2-1-3-5-8;;/h1-5,7H,6H2,(H-,9,10);1H2;/q2*-1;. The van der Waals surface area contributed by atoms with E-state index in [1.807, 2.05) is 30.3 Å². The van der Waals surface area contributed by atoms with Crippen LogP contribution < -0.4 is 0 Å². The van der Waals surface area contributed by atoms with Gasteiger partial charge in [-0.25, -0.2) is 0 Å². The van der Waals surface area contributed by atoms with E-state index in [0.717, 1.165) is 11.9 Å². The van der Waals surface area contributed by atoms with Crippen LogP contribution in [0, 0.1) is 5.41 Å². The van der Waals surface area contributed by atoms with Crippen molar-refractivity contribution in [1.29, 1.82) is 5.41 Å². The van der Waals surface area contributed by atoms with Gasteiger partial charge in [-0.05, 0) is 12.1 Å². The monoisotopic (exact) mass is 238 g/mol.